The predicted octanol–water partition coefficient (Wildman–Crippen LogP) is 1.66. The van der Waals surface area contributed by atoms with Crippen LogP contribution in [0.4, 0.5) is 5.69 Å². The number of carbonyl (C=O) groups is 1. The Labute approximate surface area is 127 Å². The fourth-order valence-electron chi connectivity index (χ4n) is 3.10. The molecule has 4 heteroatoms. The number of amides is 1. The highest BCUT2D eigenvalue weighted by atomic mass is 16.2. The number of hydrogen-bond donors (Lipinski definition) is 1. The molecule has 1 amide bonds. The zero-order valence-corrected chi connectivity index (χ0v) is 13.4. The third kappa shape index (κ3) is 3.38. The summed E-state index contributed by atoms with van der Waals surface area (Å²) in [6, 6.07) is 6.56. The third-order valence-corrected chi connectivity index (χ3v) is 4.46. The van der Waals surface area contributed by atoms with Gasteiger partial charge in [-0.2, -0.15) is 0 Å². The molecule has 0 bridgehead atoms. The Hall–Kier alpha value is -1.55. The molecule has 1 unspecified atom stereocenters. The quantitative estimate of drug-likeness (QED) is 0.866. The minimum absolute atomic E-state index is 0.109. The monoisotopic (exact) mass is 289 g/mol. The fraction of sp³-hybridized carbons (Fsp3) is 0.588. The van der Waals surface area contributed by atoms with Gasteiger partial charge in [-0.15, -0.1) is 0 Å². The minimum atomic E-state index is -0.109. The molecule has 1 aromatic carbocycles. The molecule has 0 spiro atoms. The van der Waals surface area contributed by atoms with Crippen molar-refractivity contribution in [3.63, 3.8) is 0 Å². The molecule has 0 aliphatic carbocycles. The molecule has 4 nitrogen and oxygen atoms in total. The van der Waals surface area contributed by atoms with Crippen LogP contribution < -0.4 is 10.6 Å². The first-order valence-corrected chi connectivity index (χ1v) is 7.92. The van der Waals surface area contributed by atoms with E-state index in [9.17, 15) is 4.79 Å². The van der Waals surface area contributed by atoms with Gasteiger partial charge in [-0.1, -0.05) is 12.1 Å². The minimum Gasteiger partial charge on any atom is -0.374 e. The van der Waals surface area contributed by atoms with Crippen molar-refractivity contribution in [3.8, 4) is 0 Å². The van der Waals surface area contributed by atoms with E-state index in [4.69, 9.17) is 5.73 Å². The second kappa shape index (κ2) is 6.94. The Kier molecular flexibility index (Phi) is 5.23. The molecule has 21 heavy (non-hydrogen) atoms. The first kappa shape index (κ1) is 15.8. The van der Waals surface area contributed by atoms with Crippen LogP contribution in [-0.4, -0.2) is 44.0 Å². The van der Waals surface area contributed by atoms with E-state index in [-0.39, 0.29) is 11.8 Å². The third-order valence-electron chi connectivity index (χ3n) is 4.46. The van der Waals surface area contributed by atoms with Crippen molar-refractivity contribution in [1.29, 1.82) is 0 Å². The van der Waals surface area contributed by atoms with E-state index in [0.717, 1.165) is 32.5 Å². The van der Waals surface area contributed by atoms with E-state index < -0.39 is 0 Å². The average molecular weight is 289 g/mol. The number of rotatable bonds is 6. The summed E-state index contributed by atoms with van der Waals surface area (Å²) in [6.45, 7) is 7.02. The lowest BCUT2D eigenvalue weighted by Gasteiger charge is -2.24. The summed E-state index contributed by atoms with van der Waals surface area (Å²) in [5.74, 6) is 0.0715. The molecular formula is C17H27N3O. The summed E-state index contributed by atoms with van der Waals surface area (Å²) in [5, 5.41) is 0. The first-order valence-electron chi connectivity index (χ1n) is 7.92. The van der Waals surface area contributed by atoms with Gasteiger partial charge in [0.15, 0.2) is 0 Å². The summed E-state index contributed by atoms with van der Waals surface area (Å²) in [5.41, 5.74) is 9.78. The number of benzene rings is 1. The molecule has 0 saturated heterocycles. The van der Waals surface area contributed by atoms with Gasteiger partial charge in [-0.25, -0.2) is 0 Å². The molecule has 0 aromatic heterocycles. The molecule has 2 N–H and O–H groups in total. The lowest BCUT2D eigenvalue weighted by atomic mass is 9.96. The lowest BCUT2D eigenvalue weighted by molar-refractivity contribution is -0.134. The van der Waals surface area contributed by atoms with Gasteiger partial charge in [0.1, 0.15) is 0 Å². The molecule has 0 radical (unpaired) electrons. The predicted molar refractivity (Wildman–Crippen MR) is 87.6 cm³/mol. The molecule has 0 saturated carbocycles. The molecule has 1 aliphatic rings. The Bertz CT molecular complexity index is 497. The molecule has 1 aromatic rings. The van der Waals surface area contributed by atoms with E-state index in [1.54, 1.807) is 0 Å². The number of nitrogens with two attached hydrogens (primary N) is 1. The van der Waals surface area contributed by atoms with Crippen molar-refractivity contribution in [3.05, 3.63) is 29.3 Å². The average Bonchev–Trinajstić information content (AvgIpc) is 2.86. The summed E-state index contributed by atoms with van der Waals surface area (Å²) < 4.78 is 0. The molecular weight excluding hydrogens is 262 g/mol. The second-order valence-electron chi connectivity index (χ2n) is 5.78. The Morgan fingerprint density at radius 1 is 1.38 bits per heavy atom. The van der Waals surface area contributed by atoms with E-state index in [1.807, 2.05) is 18.7 Å². The number of carbonyl (C=O) groups excluding carboxylic acids is 1. The number of hydrogen-bond acceptors (Lipinski definition) is 3. The maximum atomic E-state index is 12.5. The Balaban J connectivity index is 2.10. The van der Waals surface area contributed by atoms with Crippen molar-refractivity contribution in [2.45, 2.75) is 26.7 Å². The summed E-state index contributed by atoms with van der Waals surface area (Å²) in [6.07, 6.45) is 1.83. The van der Waals surface area contributed by atoms with Gasteiger partial charge in [0.2, 0.25) is 5.91 Å². The van der Waals surface area contributed by atoms with Crippen LogP contribution in [0.5, 0.6) is 0 Å². The number of anilines is 1. The van der Waals surface area contributed by atoms with E-state index in [0.29, 0.717) is 6.54 Å². The number of nitrogens with zero attached hydrogens (tertiary/aromatic N) is 2. The zero-order valence-electron chi connectivity index (χ0n) is 13.4. The Morgan fingerprint density at radius 3 is 2.71 bits per heavy atom. The van der Waals surface area contributed by atoms with Crippen LogP contribution in [-0.2, 0) is 17.6 Å². The largest absolute Gasteiger partial charge is 0.374 e. The van der Waals surface area contributed by atoms with Gasteiger partial charge in [-0.05, 0) is 43.9 Å². The van der Waals surface area contributed by atoms with Gasteiger partial charge in [0, 0.05) is 38.9 Å². The van der Waals surface area contributed by atoms with E-state index in [2.05, 4.69) is 30.1 Å². The standard InChI is InChI=1S/C17H27N3O/c1-4-20(5-2)17(21)15(12-18)11-13-6-7-16-14(10-13)8-9-19(16)3/h6-7,10,15H,4-5,8-9,11-12,18H2,1-3H3. The van der Waals surface area contributed by atoms with Crippen LogP contribution in [0.2, 0.25) is 0 Å². The van der Waals surface area contributed by atoms with Gasteiger partial charge in [0.05, 0.1) is 5.92 Å². The fourth-order valence-corrected chi connectivity index (χ4v) is 3.10. The molecule has 116 valence electrons. The smallest absolute Gasteiger partial charge is 0.227 e. The highest BCUT2D eigenvalue weighted by Gasteiger charge is 2.23. The topological polar surface area (TPSA) is 49.6 Å². The molecule has 1 atom stereocenters. The van der Waals surface area contributed by atoms with Crippen LogP contribution >= 0.6 is 0 Å². The van der Waals surface area contributed by atoms with Gasteiger partial charge >= 0.3 is 0 Å². The number of likely N-dealkylation sites (N-methyl/N-ethyl adjacent to an activating group) is 1. The SMILES string of the molecule is CCN(CC)C(=O)C(CN)Cc1ccc2c(c1)CCN2C. The van der Waals surface area contributed by atoms with Crippen LogP contribution in [0.25, 0.3) is 0 Å². The van der Waals surface area contributed by atoms with Crippen molar-refractivity contribution < 1.29 is 4.79 Å². The highest BCUT2D eigenvalue weighted by Crippen LogP contribution is 2.28. The maximum Gasteiger partial charge on any atom is 0.227 e. The lowest BCUT2D eigenvalue weighted by Crippen LogP contribution is -2.39. The van der Waals surface area contributed by atoms with Crippen LogP contribution in [0.1, 0.15) is 25.0 Å². The molecule has 1 heterocycles. The number of fused-ring (bicyclic) bond motifs is 1. The van der Waals surface area contributed by atoms with E-state index >= 15 is 0 Å². The van der Waals surface area contributed by atoms with Crippen molar-refractivity contribution in [2.24, 2.45) is 11.7 Å². The van der Waals surface area contributed by atoms with Gasteiger partial charge in [-0.3, -0.25) is 4.79 Å². The van der Waals surface area contributed by atoms with Crippen LogP contribution in [0, 0.1) is 5.92 Å². The van der Waals surface area contributed by atoms with Gasteiger partial charge in [0.25, 0.3) is 0 Å². The first-order chi connectivity index (χ1) is 10.1. The van der Waals surface area contributed by atoms with Crippen LogP contribution in [0.15, 0.2) is 18.2 Å². The normalized spacial score (nSPS) is 15.0. The summed E-state index contributed by atoms with van der Waals surface area (Å²) in [4.78, 5) is 16.6. The zero-order chi connectivity index (χ0) is 15.4. The molecule has 0 fully saturated rings. The molecule has 1 aliphatic heterocycles. The van der Waals surface area contributed by atoms with Crippen molar-refractivity contribution in [2.75, 3.05) is 38.1 Å². The summed E-state index contributed by atoms with van der Waals surface area (Å²) >= 11 is 0. The Morgan fingerprint density at radius 2 is 2.10 bits per heavy atom. The maximum absolute atomic E-state index is 12.5. The molecule has 2 rings (SSSR count). The van der Waals surface area contributed by atoms with Crippen LogP contribution in [0.3, 0.4) is 0 Å². The summed E-state index contributed by atoms with van der Waals surface area (Å²) in [7, 11) is 2.12. The second-order valence-corrected chi connectivity index (χ2v) is 5.78. The highest BCUT2D eigenvalue weighted by molar-refractivity contribution is 5.79. The van der Waals surface area contributed by atoms with Gasteiger partial charge < -0.3 is 15.5 Å². The van der Waals surface area contributed by atoms with E-state index in [1.165, 1.54) is 16.8 Å². The van der Waals surface area contributed by atoms with Crippen molar-refractivity contribution in [1.82, 2.24) is 4.90 Å². The van der Waals surface area contributed by atoms with Crippen molar-refractivity contribution >= 4 is 11.6 Å².